The Balaban J connectivity index is 2.08. The highest BCUT2D eigenvalue weighted by Gasteiger charge is 2.32. The van der Waals surface area contributed by atoms with Crippen LogP contribution in [0.2, 0.25) is 0 Å². The molecule has 1 aromatic rings. The first-order valence-electron chi connectivity index (χ1n) is 6.65. The lowest BCUT2D eigenvalue weighted by atomic mass is 9.95. The predicted octanol–water partition coefficient (Wildman–Crippen LogP) is 2.87. The lowest BCUT2D eigenvalue weighted by Crippen LogP contribution is -2.34. The van der Waals surface area contributed by atoms with Crippen molar-refractivity contribution in [3.63, 3.8) is 0 Å². The van der Waals surface area contributed by atoms with E-state index in [0.29, 0.717) is 12.8 Å². The van der Waals surface area contributed by atoms with E-state index in [4.69, 9.17) is 0 Å². The van der Waals surface area contributed by atoms with Gasteiger partial charge >= 0.3 is 6.18 Å². The Hall–Kier alpha value is -1.31. The lowest BCUT2D eigenvalue weighted by molar-refractivity contribution is -0.137. The van der Waals surface area contributed by atoms with Gasteiger partial charge in [-0.05, 0) is 31.4 Å². The molecule has 1 aliphatic carbocycles. The molecule has 4 nitrogen and oxygen atoms in total. The normalized spacial score (nSPS) is 23.8. The zero-order valence-electron chi connectivity index (χ0n) is 11.5. The summed E-state index contributed by atoms with van der Waals surface area (Å²) in [5, 5.41) is 2.48. The third-order valence-corrected chi connectivity index (χ3v) is 5.31. The van der Waals surface area contributed by atoms with Crippen LogP contribution in [0.1, 0.15) is 31.2 Å². The van der Waals surface area contributed by atoms with Crippen LogP contribution >= 0.6 is 0 Å². The highest BCUT2D eigenvalue weighted by molar-refractivity contribution is 7.91. The number of hydrogen-bond acceptors (Lipinski definition) is 4. The molecule has 0 radical (unpaired) electrons. The molecule has 0 saturated heterocycles. The molecule has 1 fully saturated rings. The van der Waals surface area contributed by atoms with Crippen molar-refractivity contribution >= 4 is 15.7 Å². The van der Waals surface area contributed by atoms with Crippen LogP contribution in [-0.2, 0) is 16.0 Å². The molecule has 2 atom stereocenters. The fourth-order valence-corrected chi connectivity index (χ4v) is 3.74. The number of sulfone groups is 1. The Morgan fingerprint density at radius 2 is 2.05 bits per heavy atom. The van der Waals surface area contributed by atoms with E-state index in [1.807, 2.05) is 0 Å². The standard InChI is InChI=1S/C13H17F3N2O2S/c1-21(19,20)11-4-2-3-10(8-11)18-12-7-9(5-6-17-12)13(14,15)16/h5-7,10-11H,2-4,8H2,1H3,(H,17,18)/t10-,11-/m0/s1. The number of anilines is 1. The fraction of sp³-hybridized carbons (Fsp3) is 0.615. The number of rotatable bonds is 3. The van der Waals surface area contributed by atoms with Crippen LogP contribution in [0.5, 0.6) is 0 Å². The Morgan fingerprint density at radius 1 is 1.33 bits per heavy atom. The molecule has 2 rings (SSSR count). The van der Waals surface area contributed by atoms with Crippen LogP contribution in [0, 0.1) is 0 Å². The van der Waals surface area contributed by atoms with Crippen molar-refractivity contribution in [2.45, 2.75) is 43.2 Å². The molecule has 0 aromatic carbocycles. The van der Waals surface area contributed by atoms with Crippen LogP contribution in [0.4, 0.5) is 19.0 Å². The summed E-state index contributed by atoms with van der Waals surface area (Å²) in [4.78, 5) is 3.87. The quantitative estimate of drug-likeness (QED) is 0.929. The van der Waals surface area contributed by atoms with E-state index in [1.165, 1.54) is 6.26 Å². The first kappa shape index (κ1) is 16.1. The maximum atomic E-state index is 12.6. The Labute approximate surface area is 121 Å². The fourth-order valence-electron chi connectivity index (χ4n) is 2.56. The van der Waals surface area contributed by atoms with Crippen molar-refractivity contribution in [2.75, 3.05) is 11.6 Å². The van der Waals surface area contributed by atoms with Gasteiger partial charge in [0.05, 0.1) is 10.8 Å². The van der Waals surface area contributed by atoms with Crippen molar-refractivity contribution in [1.29, 1.82) is 0 Å². The van der Waals surface area contributed by atoms with Crippen molar-refractivity contribution in [3.05, 3.63) is 23.9 Å². The summed E-state index contributed by atoms with van der Waals surface area (Å²) >= 11 is 0. The molecule has 0 amide bonds. The highest BCUT2D eigenvalue weighted by Crippen LogP contribution is 2.31. The molecule has 1 heterocycles. The number of aromatic nitrogens is 1. The number of alkyl halides is 3. The number of pyridine rings is 1. The van der Waals surface area contributed by atoms with Gasteiger partial charge in [-0.3, -0.25) is 0 Å². The molecule has 1 saturated carbocycles. The maximum Gasteiger partial charge on any atom is 0.416 e. The minimum absolute atomic E-state index is 0.129. The molecular formula is C13H17F3N2O2S. The summed E-state index contributed by atoms with van der Waals surface area (Å²) < 4.78 is 61.0. The first-order valence-corrected chi connectivity index (χ1v) is 8.60. The largest absolute Gasteiger partial charge is 0.416 e. The maximum absolute atomic E-state index is 12.6. The van der Waals surface area contributed by atoms with Gasteiger partial charge in [0.15, 0.2) is 0 Å². The minimum atomic E-state index is -4.42. The molecule has 21 heavy (non-hydrogen) atoms. The van der Waals surface area contributed by atoms with Gasteiger partial charge < -0.3 is 5.32 Å². The molecule has 1 aromatic heterocycles. The average molecular weight is 322 g/mol. The van der Waals surface area contributed by atoms with Crippen molar-refractivity contribution in [2.24, 2.45) is 0 Å². The van der Waals surface area contributed by atoms with E-state index >= 15 is 0 Å². The number of halogens is 3. The Bertz CT molecular complexity index is 602. The van der Waals surface area contributed by atoms with E-state index in [0.717, 1.165) is 31.2 Å². The van der Waals surface area contributed by atoms with Gasteiger partial charge in [-0.25, -0.2) is 13.4 Å². The van der Waals surface area contributed by atoms with E-state index in [1.54, 1.807) is 0 Å². The summed E-state index contributed by atoms with van der Waals surface area (Å²) in [5.74, 6) is 0.129. The molecule has 118 valence electrons. The van der Waals surface area contributed by atoms with E-state index in [-0.39, 0.29) is 11.9 Å². The summed E-state index contributed by atoms with van der Waals surface area (Å²) in [6, 6.07) is 1.68. The molecule has 0 bridgehead atoms. The molecule has 8 heteroatoms. The van der Waals surface area contributed by atoms with Gasteiger partial charge in [0, 0.05) is 18.5 Å². The van der Waals surface area contributed by atoms with E-state index in [9.17, 15) is 21.6 Å². The van der Waals surface area contributed by atoms with E-state index < -0.39 is 26.8 Å². The van der Waals surface area contributed by atoms with Crippen LogP contribution in [0.25, 0.3) is 0 Å². The monoisotopic (exact) mass is 322 g/mol. The van der Waals surface area contributed by atoms with Gasteiger partial charge in [-0.1, -0.05) is 6.42 Å². The summed E-state index contributed by atoms with van der Waals surface area (Å²) in [6.07, 6.45) is 0.341. The highest BCUT2D eigenvalue weighted by atomic mass is 32.2. The second-order valence-corrected chi connectivity index (χ2v) is 7.71. The molecule has 0 spiro atoms. The Kier molecular flexibility index (Phi) is 4.46. The number of nitrogens with one attached hydrogen (secondary N) is 1. The Morgan fingerprint density at radius 3 is 2.67 bits per heavy atom. The first-order chi connectivity index (χ1) is 9.66. The molecule has 1 aliphatic rings. The van der Waals surface area contributed by atoms with E-state index in [2.05, 4.69) is 10.3 Å². The average Bonchev–Trinajstić information content (AvgIpc) is 2.37. The third kappa shape index (κ3) is 4.33. The van der Waals surface area contributed by atoms with Crippen molar-refractivity contribution in [1.82, 2.24) is 4.98 Å². The predicted molar refractivity (Wildman–Crippen MR) is 73.7 cm³/mol. The molecule has 1 N–H and O–H groups in total. The molecule has 0 unspecified atom stereocenters. The number of hydrogen-bond donors (Lipinski definition) is 1. The van der Waals surface area contributed by atoms with Gasteiger partial charge in [0.2, 0.25) is 0 Å². The van der Waals surface area contributed by atoms with Gasteiger partial charge in [-0.2, -0.15) is 13.2 Å². The summed E-state index contributed by atoms with van der Waals surface area (Å²) in [6.45, 7) is 0. The zero-order valence-corrected chi connectivity index (χ0v) is 12.3. The minimum Gasteiger partial charge on any atom is -0.367 e. The van der Waals surface area contributed by atoms with Crippen LogP contribution in [0.15, 0.2) is 18.3 Å². The smallest absolute Gasteiger partial charge is 0.367 e. The second-order valence-electron chi connectivity index (χ2n) is 5.39. The van der Waals surface area contributed by atoms with Gasteiger partial charge in [-0.15, -0.1) is 0 Å². The SMILES string of the molecule is CS(=O)(=O)[C@H]1CCC[C@H](Nc2cc(C(F)(F)F)ccn2)C1. The van der Waals surface area contributed by atoms with Gasteiger partial charge in [0.25, 0.3) is 0 Å². The third-order valence-electron chi connectivity index (χ3n) is 3.67. The molecule has 0 aliphatic heterocycles. The van der Waals surface area contributed by atoms with Crippen LogP contribution < -0.4 is 5.32 Å². The van der Waals surface area contributed by atoms with Crippen LogP contribution in [-0.4, -0.2) is 30.9 Å². The van der Waals surface area contributed by atoms with Gasteiger partial charge in [0.1, 0.15) is 15.7 Å². The lowest BCUT2D eigenvalue weighted by Gasteiger charge is -2.29. The molecular weight excluding hydrogens is 305 g/mol. The van der Waals surface area contributed by atoms with Crippen LogP contribution in [0.3, 0.4) is 0 Å². The number of nitrogens with zero attached hydrogens (tertiary/aromatic N) is 1. The summed E-state index contributed by atoms with van der Waals surface area (Å²) in [7, 11) is -3.12. The topological polar surface area (TPSA) is 59.1 Å². The van der Waals surface area contributed by atoms with Crippen molar-refractivity contribution < 1.29 is 21.6 Å². The summed E-state index contributed by atoms with van der Waals surface area (Å²) in [5.41, 5.74) is -0.768. The second kappa shape index (κ2) is 5.82. The van der Waals surface area contributed by atoms with Crippen molar-refractivity contribution in [3.8, 4) is 0 Å². The zero-order chi connectivity index (χ0) is 15.7.